The average Bonchev–Trinajstić information content (AvgIpc) is 2.45. The normalized spacial score (nSPS) is 14.5. The number of rotatable bonds is 3. The molecule has 0 aliphatic carbocycles. The molecule has 1 aliphatic heterocycles. The molecule has 6 nitrogen and oxygen atoms in total. The van der Waals surface area contributed by atoms with Gasteiger partial charge in [-0.25, -0.2) is 0 Å². The lowest BCUT2D eigenvalue weighted by molar-refractivity contribution is -0.138. The van der Waals surface area contributed by atoms with E-state index in [4.69, 9.17) is 9.84 Å². The third-order valence-electron chi connectivity index (χ3n) is 1.53. The molecule has 0 saturated carbocycles. The van der Waals surface area contributed by atoms with E-state index in [1.807, 2.05) is 0 Å². The van der Waals surface area contributed by atoms with E-state index in [0.717, 1.165) is 6.08 Å². The lowest BCUT2D eigenvalue weighted by Gasteiger charge is -2.06. The van der Waals surface area contributed by atoms with Gasteiger partial charge in [0.25, 0.3) is 11.8 Å². The zero-order chi connectivity index (χ0) is 13.6. The highest BCUT2D eigenvalue weighted by Gasteiger charge is 2.22. The summed E-state index contributed by atoms with van der Waals surface area (Å²) < 4.78 is 4.04. The van der Waals surface area contributed by atoms with Gasteiger partial charge in [-0.2, -0.15) is 0 Å². The summed E-state index contributed by atoms with van der Waals surface area (Å²) in [7, 11) is 0. The predicted octanol–water partition coefficient (Wildman–Crippen LogP) is 0.808. The minimum absolute atomic E-state index is 0.104. The van der Waals surface area contributed by atoms with Gasteiger partial charge in [-0.05, 0) is 20.8 Å². The molecule has 0 fully saturated rings. The van der Waals surface area contributed by atoms with Gasteiger partial charge in [-0.3, -0.25) is 19.7 Å². The Morgan fingerprint density at radius 1 is 1.53 bits per heavy atom. The van der Waals surface area contributed by atoms with Crippen molar-refractivity contribution >= 4 is 33.7 Å². The first-order valence-corrected chi connectivity index (χ1v) is 5.60. The average molecular weight is 308 g/mol. The van der Waals surface area contributed by atoms with Gasteiger partial charge in [0.2, 0.25) is 0 Å². The Morgan fingerprint density at radius 3 is 2.24 bits per heavy atom. The molecule has 0 atom stereocenters. The van der Waals surface area contributed by atoms with Gasteiger partial charge in [0.1, 0.15) is 4.32 Å². The molecule has 96 valence electrons. The Bertz CT molecular complexity index is 356. The number of aliphatic carboxylic acids is 1. The number of halogens is 1. The summed E-state index contributed by atoms with van der Waals surface area (Å²) in [5, 5.41) is 10.3. The van der Waals surface area contributed by atoms with Gasteiger partial charge in [-0.15, -0.1) is 0 Å². The van der Waals surface area contributed by atoms with Crippen molar-refractivity contribution in [2.75, 3.05) is 6.61 Å². The molecule has 1 aliphatic rings. The Labute approximate surface area is 107 Å². The molecule has 0 aromatic heterocycles. The minimum atomic E-state index is -0.840. The molecule has 2 N–H and O–H groups in total. The molecule has 1 heterocycles. The van der Waals surface area contributed by atoms with Crippen LogP contribution in [-0.4, -0.2) is 33.8 Å². The van der Waals surface area contributed by atoms with Crippen molar-refractivity contribution in [3.8, 4) is 0 Å². The summed E-state index contributed by atoms with van der Waals surface area (Å²) in [6.45, 7) is 5.30. The fourth-order valence-electron chi connectivity index (χ4n) is 0.657. The van der Waals surface area contributed by atoms with E-state index in [1.165, 1.54) is 0 Å². The molecule has 17 heavy (non-hydrogen) atoms. The van der Waals surface area contributed by atoms with Crippen LogP contribution in [0.5, 0.6) is 0 Å². The van der Waals surface area contributed by atoms with Gasteiger partial charge < -0.3 is 9.84 Å². The summed E-state index contributed by atoms with van der Waals surface area (Å²) in [4.78, 5) is 31.1. The van der Waals surface area contributed by atoms with Gasteiger partial charge in [0.15, 0.2) is 5.76 Å². The molecule has 2 amide bonds. The van der Waals surface area contributed by atoms with Crippen LogP contribution in [-0.2, 0) is 19.1 Å². The SMILES string of the molecule is CC(C)(Br)C(=O)O.CCOC1=CC(=O)NC1=O. The summed E-state index contributed by atoms with van der Waals surface area (Å²) >= 11 is 2.94. The predicted molar refractivity (Wildman–Crippen MR) is 63.5 cm³/mol. The third kappa shape index (κ3) is 6.06. The molecule has 0 bridgehead atoms. The van der Waals surface area contributed by atoms with Crippen LogP contribution in [0, 0.1) is 0 Å². The van der Waals surface area contributed by atoms with Crippen molar-refractivity contribution in [2.45, 2.75) is 25.1 Å². The highest BCUT2D eigenvalue weighted by Crippen LogP contribution is 2.14. The number of hydrogen-bond donors (Lipinski definition) is 2. The Kier molecular flexibility index (Phi) is 5.87. The van der Waals surface area contributed by atoms with Gasteiger partial charge in [-0.1, -0.05) is 15.9 Å². The fraction of sp³-hybridized carbons (Fsp3) is 0.500. The topological polar surface area (TPSA) is 92.7 Å². The lowest BCUT2D eigenvalue weighted by atomic mass is 10.2. The molecule has 1 rings (SSSR count). The van der Waals surface area contributed by atoms with Crippen LogP contribution in [0.2, 0.25) is 0 Å². The first-order chi connectivity index (χ1) is 7.68. The summed E-state index contributed by atoms with van der Waals surface area (Å²) in [6, 6.07) is 0. The quantitative estimate of drug-likeness (QED) is 0.594. The Balaban J connectivity index is 0.000000325. The second-order valence-corrected chi connectivity index (χ2v) is 5.52. The maximum absolute atomic E-state index is 10.6. The fourth-order valence-corrected chi connectivity index (χ4v) is 0.657. The van der Waals surface area contributed by atoms with E-state index in [2.05, 4.69) is 21.2 Å². The van der Waals surface area contributed by atoms with Crippen molar-refractivity contribution in [2.24, 2.45) is 0 Å². The summed E-state index contributed by atoms with van der Waals surface area (Å²) in [6.07, 6.45) is 1.14. The monoisotopic (exact) mass is 307 g/mol. The largest absolute Gasteiger partial charge is 0.488 e. The molecule has 0 unspecified atom stereocenters. The number of amides is 2. The Hall–Kier alpha value is -1.37. The highest BCUT2D eigenvalue weighted by atomic mass is 79.9. The molecule has 0 aromatic carbocycles. The van der Waals surface area contributed by atoms with Crippen LogP contribution in [0.4, 0.5) is 0 Å². The minimum Gasteiger partial charge on any atom is -0.488 e. The van der Waals surface area contributed by atoms with Crippen LogP contribution in [0.25, 0.3) is 0 Å². The molecule has 0 radical (unpaired) electrons. The zero-order valence-corrected chi connectivity index (χ0v) is 11.3. The van der Waals surface area contributed by atoms with Gasteiger partial charge >= 0.3 is 5.97 Å². The highest BCUT2D eigenvalue weighted by molar-refractivity contribution is 9.10. The summed E-state index contributed by atoms with van der Waals surface area (Å²) in [5.41, 5.74) is 0. The van der Waals surface area contributed by atoms with Crippen LogP contribution in [0.3, 0.4) is 0 Å². The van der Waals surface area contributed by atoms with E-state index in [1.54, 1.807) is 20.8 Å². The second kappa shape index (κ2) is 6.39. The van der Waals surface area contributed by atoms with Crippen LogP contribution < -0.4 is 5.32 Å². The number of carbonyl (C=O) groups excluding carboxylic acids is 2. The lowest BCUT2D eigenvalue weighted by Crippen LogP contribution is -2.22. The first-order valence-electron chi connectivity index (χ1n) is 4.80. The number of ether oxygens (including phenoxy) is 1. The molecule has 0 spiro atoms. The van der Waals surface area contributed by atoms with Gasteiger partial charge in [0, 0.05) is 0 Å². The van der Waals surface area contributed by atoms with Crippen molar-refractivity contribution in [1.29, 1.82) is 0 Å². The van der Waals surface area contributed by atoms with E-state index in [-0.39, 0.29) is 5.76 Å². The number of carbonyl (C=O) groups is 3. The smallest absolute Gasteiger partial charge is 0.319 e. The zero-order valence-electron chi connectivity index (χ0n) is 9.74. The van der Waals surface area contributed by atoms with Gasteiger partial charge in [0.05, 0.1) is 12.7 Å². The van der Waals surface area contributed by atoms with Crippen molar-refractivity contribution < 1.29 is 24.2 Å². The van der Waals surface area contributed by atoms with Crippen molar-refractivity contribution in [1.82, 2.24) is 5.32 Å². The van der Waals surface area contributed by atoms with Crippen LogP contribution >= 0.6 is 15.9 Å². The number of carboxylic acid groups (broad SMARTS) is 1. The Morgan fingerprint density at radius 2 is 2.00 bits per heavy atom. The molecule has 7 heteroatoms. The van der Waals surface area contributed by atoms with E-state index in [0.29, 0.717) is 6.61 Å². The maximum Gasteiger partial charge on any atom is 0.319 e. The summed E-state index contributed by atoms with van der Waals surface area (Å²) in [5.74, 6) is -1.60. The van der Waals surface area contributed by atoms with E-state index < -0.39 is 22.1 Å². The molecule has 0 saturated heterocycles. The van der Waals surface area contributed by atoms with E-state index >= 15 is 0 Å². The second-order valence-electron chi connectivity index (χ2n) is 3.54. The van der Waals surface area contributed by atoms with Crippen LogP contribution in [0.1, 0.15) is 20.8 Å². The number of carboxylic acids is 1. The number of nitrogens with one attached hydrogen (secondary N) is 1. The standard InChI is InChI=1S/C6H7NO3.C4H7BrO2/c1-2-10-4-3-5(8)7-6(4)9;1-4(2,5)3(6)7/h3H,2H2,1H3,(H,7,8,9);1-2H3,(H,6,7). The van der Waals surface area contributed by atoms with Crippen molar-refractivity contribution in [3.63, 3.8) is 0 Å². The molecular formula is C10H14BrNO5. The van der Waals surface area contributed by atoms with Crippen molar-refractivity contribution in [3.05, 3.63) is 11.8 Å². The van der Waals surface area contributed by atoms with E-state index in [9.17, 15) is 14.4 Å². The molecular weight excluding hydrogens is 294 g/mol. The number of hydrogen-bond acceptors (Lipinski definition) is 4. The number of alkyl halides is 1. The first kappa shape index (κ1) is 15.6. The molecule has 0 aromatic rings. The third-order valence-corrected chi connectivity index (χ3v) is 1.87. The van der Waals surface area contributed by atoms with Crippen LogP contribution in [0.15, 0.2) is 11.8 Å². The number of imide groups is 1. The maximum atomic E-state index is 10.6.